The van der Waals surface area contributed by atoms with Gasteiger partial charge in [-0.15, -0.1) is 0 Å². The van der Waals surface area contributed by atoms with Crippen LogP contribution in [-0.4, -0.2) is 46.0 Å². The van der Waals surface area contributed by atoms with Crippen LogP contribution >= 0.6 is 0 Å². The molecule has 1 N–H and O–H groups in total. The number of benzene rings is 1. The molecule has 0 spiro atoms. The number of aromatic nitrogens is 2. The maximum atomic E-state index is 12.7. The van der Waals surface area contributed by atoms with E-state index in [1.807, 2.05) is 0 Å². The van der Waals surface area contributed by atoms with Crippen molar-refractivity contribution in [2.75, 3.05) is 0 Å². The van der Waals surface area contributed by atoms with Crippen molar-refractivity contribution in [3.63, 3.8) is 0 Å². The summed E-state index contributed by atoms with van der Waals surface area (Å²) in [7, 11) is -3.84. The van der Waals surface area contributed by atoms with Crippen molar-refractivity contribution >= 4 is 27.7 Å². The molecule has 1 atom stereocenters. The van der Waals surface area contributed by atoms with E-state index >= 15 is 0 Å². The number of nitrogens with one attached hydrogen (secondary N) is 1. The number of imide groups is 1. The van der Waals surface area contributed by atoms with E-state index in [0.29, 0.717) is 5.56 Å². The van der Waals surface area contributed by atoms with Gasteiger partial charge in [-0.1, -0.05) is 6.07 Å². The van der Waals surface area contributed by atoms with Gasteiger partial charge in [-0.2, -0.15) is 0 Å². The van der Waals surface area contributed by atoms with Crippen LogP contribution in [0.5, 0.6) is 0 Å². The minimum atomic E-state index is -3.84. The first-order valence-electron chi connectivity index (χ1n) is 7.89. The summed E-state index contributed by atoms with van der Waals surface area (Å²) >= 11 is 0. The predicted molar refractivity (Wildman–Crippen MR) is 87.3 cm³/mol. The molecule has 1 unspecified atom stereocenters. The van der Waals surface area contributed by atoms with E-state index in [4.69, 9.17) is 0 Å². The Morgan fingerprint density at radius 1 is 1.19 bits per heavy atom. The van der Waals surface area contributed by atoms with Gasteiger partial charge >= 0.3 is 0 Å². The van der Waals surface area contributed by atoms with Crippen molar-refractivity contribution in [1.29, 1.82) is 0 Å². The number of amides is 3. The lowest BCUT2D eigenvalue weighted by atomic mass is 10.0. The zero-order chi connectivity index (χ0) is 18.5. The van der Waals surface area contributed by atoms with Gasteiger partial charge in [0.15, 0.2) is 0 Å². The highest BCUT2D eigenvalue weighted by Crippen LogP contribution is 2.29. The number of fused-ring (bicyclic) bond motifs is 1. The Labute approximate surface area is 148 Å². The topological polar surface area (TPSA) is 118 Å². The van der Waals surface area contributed by atoms with Crippen molar-refractivity contribution in [2.24, 2.45) is 0 Å². The van der Waals surface area contributed by atoms with E-state index in [1.54, 1.807) is 6.07 Å². The molecule has 1 fully saturated rings. The summed E-state index contributed by atoms with van der Waals surface area (Å²) in [4.78, 5) is 41.1. The summed E-state index contributed by atoms with van der Waals surface area (Å²) in [5.41, 5.74) is 0.889. The molecule has 2 aliphatic heterocycles. The molecule has 0 saturated carbocycles. The van der Waals surface area contributed by atoms with Gasteiger partial charge in [-0.3, -0.25) is 19.7 Å². The number of hydrogen-bond acceptors (Lipinski definition) is 6. The molecule has 26 heavy (non-hydrogen) atoms. The number of hydrogen-bond donors (Lipinski definition) is 1. The lowest BCUT2D eigenvalue weighted by Crippen LogP contribution is -2.52. The van der Waals surface area contributed by atoms with Gasteiger partial charge < -0.3 is 4.90 Å². The van der Waals surface area contributed by atoms with Crippen molar-refractivity contribution in [1.82, 2.24) is 19.2 Å². The molecule has 4 rings (SSSR count). The van der Waals surface area contributed by atoms with Gasteiger partial charge in [-0.05, 0) is 24.1 Å². The fourth-order valence-corrected chi connectivity index (χ4v) is 4.35. The molecule has 0 radical (unpaired) electrons. The molecule has 9 nitrogen and oxygen atoms in total. The zero-order valence-corrected chi connectivity index (χ0v) is 14.3. The Morgan fingerprint density at radius 3 is 2.69 bits per heavy atom. The summed E-state index contributed by atoms with van der Waals surface area (Å²) in [5, 5.41) is 2.23. The van der Waals surface area contributed by atoms with Crippen LogP contribution < -0.4 is 5.32 Å². The third-order valence-corrected chi connectivity index (χ3v) is 6.18. The monoisotopic (exact) mass is 374 g/mol. The van der Waals surface area contributed by atoms with Gasteiger partial charge in [0, 0.05) is 30.9 Å². The molecule has 10 heteroatoms. The van der Waals surface area contributed by atoms with Crippen LogP contribution in [0.2, 0.25) is 0 Å². The summed E-state index contributed by atoms with van der Waals surface area (Å²) < 4.78 is 26.1. The average Bonchev–Trinajstić information content (AvgIpc) is 3.24. The predicted octanol–water partition coefficient (Wildman–Crippen LogP) is -0.119. The van der Waals surface area contributed by atoms with Crippen molar-refractivity contribution < 1.29 is 22.8 Å². The van der Waals surface area contributed by atoms with Crippen LogP contribution in [0.15, 0.2) is 41.8 Å². The Hall–Kier alpha value is -3.01. The number of rotatable bonds is 3. The van der Waals surface area contributed by atoms with Gasteiger partial charge in [0.05, 0.1) is 4.90 Å². The van der Waals surface area contributed by atoms with Crippen LogP contribution in [0.3, 0.4) is 0 Å². The third-order valence-electron chi connectivity index (χ3n) is 4.56. The first kappa shape index (κ1) is 16.5. The quantitative estimate of drug-likeness (QED) is 0.749. The molecule has 134 valence electrons. The summed E-state index contributed by atoms with van der Waals surface area (Å²) in [6.45, 7) is 0.200. The highest BCUT2D eigenvalue weighted by molar-refractivity contribution is 7.90. The van der Waals surface area contributed by atoms with Crippen molar-refractivity contribution in [3.05, 3.63) is 48.0 Å². The Morgan fingerprint density at radius 2 is 2.00 bits per heavy atom. The fraction of sp³-hybridized carbons (Fsp3) is 0.250. The molecule has 2 aromatic rings. The number of imidazole rings is 1. The van der Waals surface area contributed by atoms with Gasteiger partial charge in [0.2, 0.25) is 11.8 Å². The smallest absolute Gasteiger partial charge is 0.268 e. The zero-order valence-electron chi connectivity index (χ0n) is 13.5. The normalized spacial score (nSPS) is 20.2. The minimum Gasteiger partial charge on any atom is -0.322 e. The highest BCUT2D eigenvalue weighted by Gasteiger charge is 2.39. The van der Waals surface area contributed by atoms with E-state index in [2.05, 4.69) is 10.3 Å². The standard InChI is InChI=1S/C16H14N4O5S/c21-14-4-3-13(15(22)18-14)20-8-10-1-2-11(7-12(10)16(20)23)26(24,25)19-6-5-17-9-19/h1-2,5-7,9,13H,3-4,8H2,(H,18,21,22). The van der Waals surface area contributed by atoms with Crippen molar-refractivity contribution in [3.8, 4) is 0 Å². The highest BCUT2D eigenvalue weighted by atomic mass is 32.2. The second-order valence-corrected chi connectivity index (χ2v) is 7.96. The molecule has 2 aliphatic rings. The first-order chi connectivity index (χ1) is 12.4. The second kappa shape index (κ2) is 5.77. The van der Waals surface area contributed by atoms with E-state index in [0.717, 1.165) is 3.97 Å². The van der Waals surface area contributed by atoms with E-state index in [9.17, 15) is 22.8 Å². The number of nitrogens with zero attached hydrogens (tertiary/aromatic N) is 3. The summed E-state index contributed by atoms with van der Waals surface area (Å²) in [5.74, 6) is -1.28. The van der Waals surface area contributed by atoms with E-state index < -0.39 is 27.9 Å². The first-order valence-corrected chi connectivity index (χ1v) is 9.33. The minimum absolute atomic E-state index is 0.0345. The van der Waals surface area contributed by atoms with Crippen LogP contribution in [0, 0.1) is 0 Å². The molecule has 1 aromatic heterocycles. The molecule has 1 aromatic carbocycles. The SMILES string of the molecule is O=C1CCC(N2Cc3ccc(S(=O)(=O)n4ccnc4)cc3C2=O)C(=O)N1. The average molecular weight is 374 g/mol. The van der Waals surface area contributed by atoms with Gasteiger partial charge in [0.25, 0.3) is 15.9 Å². The van der Waals surface area contributed by atoms with E-state index in [-0.39, 0.29) is 35.8 Å². The van der Waals surface area contributed by atoms with Crippen molar-refractivity contribution in [2.45, 2.75) is 30.3 Å². The number of piperidine rings is 1. The Bertz CT molecular complexity index is 1030. The number of carbonyl (C=O) groups excluding carboxylic acids is 3. The Balaban J connectivity index is 1.66. The number of carbonyl (C=O) groups is 3. The third kappa shape index (κ3) is 2.49. The maximum Gasteiger partial charge on any atom is 0.268 e. The maximum absolute atomic E-state index is 12.7. The summed E-state index contributed by atoms with van der Waals surface area (Å²) in [6, 6.07) is 3.58. The second-order valence-electron chi connectivity index (χ2n) is 6.12. The lowest BCUT2D eigenvalue weighted by Gasteiger charge is -2.29. The van der Waals surface area contributed by atoms with Crippen LogP contribution in [0.4, 0.5) is 0 Å². The van der Waals surface area contributed by atoms with Gasteiger partial charge in [-0.25, -0.2) is 17.4 Å². The van der Waals surface area contributed by atoms with E-state index in [1.165, 1.54) is 35.8 Å². The van der Waals surface area contributed by atoms with Gasteiger partial charge in [0.1, 0.15) is 12.4 Å². The molecule has 0 bridgehead atoms. The molecule has 3 amide bonds. The van der Waals surface area contributed by atoms with Crippen LogP contribution in [0.25, 0.3) is 0 Å². The van der Waals surface area contributed by atoms with Crippen LogP contribution in [0.1, 0.15) is 28.8 Å². The molecular formula is C16H14N4O5S. The van der Waals surface area contributed by atoms with Crippen LogP contribution in [-0.2, 0) is 26.2 Å². The fourth-order valence-electron chi connectivity index (χ4n) is 3.21. The molecule has 0 aliphatic carbocycles. The largest absolute Gasteiger partial charge is 0.322 e. The summed E-state index contributed by atoms with van der Waals surface area (Å²) in [6.07, 6.45) is 4.24. The molecular weight excluding hydrogens is 360 g/mol. The lowest BCUT2D eigenvalue weighted by molar-refractivity contribution is -0.136. The molecule has 1 saturated heterocycles. The molecule has 3 heterocycles. The Kier molecular flexibility index (Phi) is 3.65.